The lowest BCUT2D eigenvalue weighted by molar-refractivity contribution is -0.212. The van der Waals surface area contributed by atoms with Crippen LogP contribution in [0.4, 0.5) is 13.2 Å². The number of amides is 3. The maximum atomic E-state index is 14.0. The predicted molar refractivity (Wildman–Crippen MR) is 518 cm³/mol. The lowest BCUT2D eigenvalue weighted by Gasteiger charge is -2.55. The first-order chi connectivity index (χ1) is 58.6. The van der Waals surface area contributed by atoms with Gasteiger partial charge in [0.25, 0.3) is 0 Å². The highest BCUT2D eigenvalue weighted by Gasteiger charge is 2.54. The molecule has 1 atom stereocenters. The van der Waals surface area contributed by atoms with Gasteiger partial charge in [-0.25, -0.2) is 0 Å². The van der Waals surface area contributed by atoms with Gasteiger partial charge in [-0.1, -0.05) is 136 Å². The molecule has 3 amide bonds. The van der Waals surface area contributed by atoms with Crippen molar-refractivity contribution >= 4 is 17.7 Å². The first-order valence-corrected chi connectivity index (χ1v) is 51.5. The van der Waals surface area contributed by atoms with Crippen molar-refractivity contribution in [1.82, 2.24) is 59.6 Å². The molecule has 20 heteroatoms. The van der Waals surface area contributed by atoms with Gasteiger partial charge < -0.3 is 54.4 Å². The molecule has 10 saturated heterocycles. The van der Waals surface area contributed by atoms with Crippen LogP contribution in [0.2, 0.25) is 0 Å². The largest absolute Gasteiger partial charge is 0.404 e. The summed E-state index contributed by atoms with van der Waals surface area (Å²) in [5.41, 5.74) is 1.43. The van der Waals surface area contributed by atoms with Gasteiger partial charge in [-0.2, -0.15) is 13.2 Å². The van der Waals surface area contributed by atoms with Gasteiger partial charge >= 0.3 is 6.18 Å². The summed E-state index contributed by atoms with van der Waals surface area (Å²) in [5, 5.41) is 6.13. The number of piperidine rings is 7. The molecule has 2 saturated carbocycles. The molecular formula is C105H195F3N12O5. The van der Waals surface area contributed by atoms with Crippen molar-refractivity contribution < 1.29 is 37.0 Å². The zero-order chi connectivity index (χ0) is 92.8. The second-order valence-corrected chi connectivity index (χ2v) is 46.0. The normalized spacial score (nSPS) is 23.2. The Bertz CT molecular complexity index is 3100. The van der Waals surface area contributed by atoms with Crippen LogP contribution in [0, 0.1) is 117 Å². The summed E-state index contributed by atoms with van der Waals surface area (Å²) < 4.78 is 53.9. The lowest BCUT2D eigenvalue weighted by atomic mass is 9.61. The van der Waals surface area contributed by atoms with Crippen molar-refractivity contribution in [3.8, 4) is 23.7 Å². The lowest BCUT2D eigenvalue weighted by Crippen LogP contribution is -2.62. The number of carbonyl (C=O) groups excluding carboxylic acids is 3. The molecule has 12 fully saturated rings. The number of halogens is 3. The van der Waals surface area contributed by atoms with Crippen molar-refractivity contribution in [2.45, 2.75) is 376 Å². The van der Waals surface area contributed by atoms with E-state index in [0.717, 1.165) is 121 Å². The van der Waals surface area contributed by atoms with Gasteiger partial charge in [0.05, 0.1) is 30.5 Å². The third kappa shape index (κ3) is 39.9. The average Bonchev–Trinajstić information content (AvgIpc) is 0.768. The van der Waals surface area contributed by atoms with E-state index in [-0.39, 0.29) is 47.0 Å². The average molecular weight is 1760 g/mol. The van der Waals surface area contributed by atoms with E-state index in [1.807, 2.05) is 55.4 Å². The van der Waals surface area contributed by atoms with Gasteiger partial charge in [0.1, 0.15) is 6.04 Å². The van der Waals surface area contributed by atoms with Crippen LogP contribution < -0.4 is 10.6 Å². The molecule has 0 aromatic carbocycles. The topological polar surface area (TPSA) is 126 Å². The third-order valence-electron chi connectivity index (χ3n) is 28.6. The molecule has 0 aromatic rings. The Morgan fingerprint density at radius 3 is 1.13 bits per heavy atom. The van der Waals surface area contributed by atoms with Crippen LogP contribution in [0.3, 0.4) is 0 Å². The first-order valence-electron chi connectivity index (χ1n) is 51.5. The number of rotatable bonds is 24. The molecule has 0 aromatic heterocycles. The quantitative estimate of drug-likeness (QED) is 0.0891. The van der Waals surface area contributed by atoms with Gasteiger partial charge in [0.15, 0.2) is 0 Å². The van der Waals surface area contributed by atoms with E-state index in [9.17, 15) is 27.6 Å². The minimum Gasteiger partial charge on any atom is -0.376 e. The van der Waals surface area contributed by atoms with Crippen LogP contribution in [0.25, 0.3) is 0 Å². The molecule has 0 radical (unpaired) electrons. The first kappa shape index (κ1) is 111. The maximum absolute atomic E-state index is 14.0. The number of likely N-dealkylation sites (tertiary alicyclic amines) is 10. The Morgan fingerprint density at radius 1 is 0.376 bits per heavy atom. The summed E-state index contributed by atoms with van der Waals surface area (Å²) in [5.74, 6) is 20.4. The standard InChI is InChI=1S/C22H39F3N2O.C21H40N2O.C14H26N2O.C14H25N.C12H24N2O.C12H21N.C10H20N2O/c1-16(2)15-26-9-5-18(6-10-26)20(22(23,24)25)27-11-7-21(8-12-27)13-19(14-21)28-17(3)4;1-17(2)15-22-9-5-19(6-10-22)16-23-11-7-21(8-12-23)13-20(14-21)24-18(3)4;1-11(2)13(17)15-7-5-14(6-8-15)9-16(10-14)12(3)4;1-12(2)5-6-14-7-9-15(10-8-14)11-13(3)4;1-9(2)12(15)13-11-5-7-14(8-6-11)10(3)4;1-10(2)5-6-12-8-13(9-12)7-11(3)4;1-7(2)10(13)11-9-5-12(6-9)8(3)4/h16-20H,5-15H2,1-4H3;17-20H,5-16H2,1-4H3;11-12H,5-10H2,1-4H3;12-14H,7-11H2,1-4H3;9-11H,5-8H2,1-4H3,(H,13,15);10-12H,7-9H2,1-4H3;7-9H,5-6H2,1-4H3,(H,11,13). The summed E-state index contributed by atoms with van der Waals surface area (Å²) >= 11 is 0. The van der Waals surface area contributed by atoms with Crippen molar-refractivity contribution in [2.75, 3.05) is 164 Å². The van der Waals surface area contributed by atoms with E-state index in [2.05, 4.69) is 217 Å². The number of nitrogens with one attached hydrogen (secondary N) is 2. The smallest absolute Gasteiger partial charge is 0.376 e. The van der Waals surface area contributed by atoms with E-state index in [1.54, 1.807) is 4.90 Å². The van der Waals surface area contributed by atoms with Gasteiger partial charge in [-0.15, -0.1) is 11.8 Å². The zero-order valence-corrected chi connectivity index (χ0v) is 85.8. The SMILES string of the molecule is CC(C)C#CC1CCN(CC(C)C)CC1.CC(C)C#CC1CN(CC(C)C)C1.CC(C)C(=O)N1CCC2(CC1)CN(C(C)C)C2.CC(C)C(=O)NC1CCN(C(C)C)CC1.CC(C)C(=O)NC1CN(C(C)C)C1.CC(C)CN1CCC(C(N2CCC3(CC2)CC(OC(C)C)C3)C(F)(F)F)CC1.CC(C)CN1CCC(CN2CCC3(CC2)CC(OC(C)C)C3)CC1. The van der Waals surface area contributed by atoms with Crippen LogP contribution >= 0.6 is 0 Å². The Morgan fingerprint density at radius 2 is 0.752 bits per heavy atom. The second-order valence-electron chi connectivity index (χ2n) is 46.0. The molecule has 2 N–H and O–H groups in total. The minimum absolute atomic E-state index is 0.105. The predicted octanol–water partition coefficient (Wildman–Crippen LogP) is 18.7. The van der Waals surface area contributed by atoms with Crippen LogP contribution in [0.1, 0.15) is 309 Å². The van der Waals surface area contributed by atoms with Gasteiger partial charge in [0.2, 0.25) is 17.7 Å². The number of hydrogen-bond donors (Lipinski definition) is 2. The van der Waals surface area contributed by atoms with Crippen molar-refractivity contribution in [2.24, 2.45) is 93.2 Å². The number of carbonyl (C=O) groups is 3. The molecule has 10 heterocycles. The van der Waals surface area contributed by atoms with Gasteiger partial charge in [-0.3, -0.25) is 29.1 Å². The molecule has 726 valence electrons. The highest BCUT2D eigenvalue weighted by molar-refractivity contribution is 5.79. The van der Waals surface area contributed by atoms with Gasteiger partial charge in [0, 0.05) is 164 Å². The van der Waals surface area contributed by atoms with Crippen LogP contribution in [0.5, 0.6) is 0 Å². The summed E-state index contributed by atoms with van der Waals surface area (Å²) in [6.07, 6.45) is 18.0. The summed E-state index contributed by atoms with van der Waals surface area (Å²) in [4.78, 5) is 58.7. The Kier molecular flexibility index (Phi) is 47.5. The highest BCUT2D eigenvalue weighted by atomic mass is 19.4. The summed E-state index contributed by atoms with van der Waals surface area (Å²) in [7, 11) is 0. The Labute approximate surface area is 767 Å². The van der Waals surface area contributed by atoms with E-state index in [4.69, 9.17) is 9.47 Å². The minimum atomic E-state index is -4.13. The van der Waals surface area contributed by atoms with E-state index in [1.165, 1.54) is 156 Å². The van der Waals surface area contributed by atoms with Gasteiger partial charge in [-0.05, 0) is 302 Å². The Balaban J connectivity index is 0.000000230. The Hall–Kier alpha value is -3.12. The monoisotopic (exact) mass is 1760 g/mol. The molecule has 17 nitrogen and oxygen atoms in total. The van der Waals surface area contributed by atoms with Crippen molar-refractivity contribution in [3.63, 3.8) is 0 Å². The fourth-order valence-corrected chi connectivity index (χ4v) is 21.1. The maximum Gasteiger partial charge on any atom is 0.404 e. The number of alkyl halides is 3. The summed E-state index contributed by atoms with van der Waals surface area (Å²) in [6.45, 7) is 88.1. The third-order valence-corrected chi connectivity index (χ3v) is 28.6. The number of hydrogen-bond acceptors (Lipinski definition) is 14. The van der Waals surface area contributed by atoms with Crippen LogP contribution in [-0.2, 0) is 23.9 Å². The van der Waals surface area contributed by atoms with Crippen molar-refractivity contribution in [3.05, 3.63) is 0 Å². The molecule has 10 aliphatic heterocycles. The molecule has 3 spiro atoms. The second kappa shape index (κ2) is 53.7. The highest BCUT2D eigenvalue weighted by Crippen LogP contribution is 2.53. The fraction of sp³-hybridized carbons (Fsp3) is 0.933. The molecule has 2 aliphatic carbocycles. The zero-order valence-electron chi connectivity index (χ0n) is 85.8. The van der Waals surface area contributed by atoms with E-state index in [0.29, 0.717) is 121 Å². The molecule has 12 rings (SSSR count). The van der Waals surface area contributed by atoms with Crippen molar-refractivity contribution in [1.29, 1.82) is 0 Å². The van der Waals surface area contributed by atoms with Crippen LogP contribution in [-0.4, -0.2) is 297 Å². The number of ether oxygens (including phenoxy) is 2. The van der Waals surface area contributed by atoms with E-state index >= 15 is 0 Å². The number of nitrogens with zero attached hydrogens (tertiary/aromatic N) is 10. The fourth-order valence-electron chi connectivity index (χ4n) is 21.1. The molecule has 12 aliphatic rings. The van der Waals surface area contributed by atoms with E-state index < -0.39 is 12.2 Å². The van der Waals surface area contributed by atoms with Crippen LogP contribution in [0.15, 0.2) is 0 Å². The molecule has 0 bridgehead atoms. The summed E-state index contributed by atoms with van der Waals surface area (Å²) in [6, 6.07) is 1.44. The molecule has 1 unspecified atom stereocenters. The molecular weight excluding hydrogens is 1570 g/mol. The molecule has 125 heavy (non-hydrogen) atoms.